The molecule has 3 N–H and O–H groups in total. The van der Waals surface area contributed by atoms with Crippen LogP contribution >= 0.6 is 0 Å². The summed E-state index contributed by atoms with van der Waals surface area (Å²) in [5, 5.41) is 51.7. The maximum atomic E-state index is 12.4. The Labute approximate surface area is 260 Å². The van der Waals surface area contributed by atoms with Crippen LogP contribution in [0.15, 0.2) is 72.8 Å². The van der Waals surface area contributed by atoms with Gasteiger partial charge < -0.3 is 15.3 Å². The molecule has 4 aromatic carbocycles. The molecule has 0 saturated heterocycles. The highest BCUT2D eigenvalue weighted by atomic mass is 16.4. The first-order chi connectivity index (χ1) is 21.2. The van der Waals surface area contributed by atoms with E-state index in [1.54, 1.807) is 12.1 Å². The molecule has 230 valence electrons. The van der Waals surface area contributed by atoms with Gasteiger partial charge in [0.25, 0.3) is 0 Å². The van der Waals surface area contributed by atoms with Crippen LogP contribution in [0.1, 0.15) is 76.1 Å². The fourth-order valence-corrected chi connectivity index (χ4v) is 5.67. The van der Waals surface area contributed by atoms with Gasteiger partial charge in [-0.15, -0.1) is 30.0 Å². The van der Waals surface area contributed by atoms with Gasteiger partial charge in [0, 0.05) is 17.0 Å². The van der Waals surface area contributed by atoms with Crippen LogP contribution in [-0.4, -0.2) is 51.3 Å². The van der Waals surface area contributed by atoms with Crippen LogP contribution in [0.25, 0.3) is 33.4 Å². The summed E-state index contributed by atoms with van der Waals surface area (Å²) >= 11 is 0. The van der Waals surface area contributed by atoms with E-state index < -0.39 is 22.7 Å². The molecule has 0 amide bonds. The SMILES string of the molecule is CC(C)(C)c1cc(C(CC(=O)O)c2cc(-n3nc4ccccc4n3)c(O)c(C(C)(C)C)c2)cc(-n2nc3ccccc3n2)c1O. The van der Waals surface area contributed by atoms with Gasteiger partial charge in [-0.3, -0.25) is 4.79 Å². The predicted molar refractivity (Wildman–Crippen MR) is 173 cm³/mol. The van der Waals surface area contributed by atoms with Crippen LogP contribution in [0.5, 0.6) is 11.5 Å². The highest BCUT2D eigenvalue weighted by Gasteiger charge is 2.30. The van der Waals surface area contributed by atoms with E-state index in [1.165, 1.54) is 9.59 Å². The Morgan fingerprint density at radius 2 is 0.978 bits per heavy atom. The number of hydrogen-bond acceptors (Lipinski definition) is 7. The van der Waals surface area contributed by atoms with Crippen molar-refractivity contribution in [1.82, 2.24) is 30.0 Å². The van der Waals surface area contributed by atoms with Gasteiger partial charge in [-0.1, -0.05) is 77.9 Å². The van der Waals surface area contributed by atoms with Crippen molar-refractivity contribution < 1.29 is 20.1 Å². The Balaban J connectivity index is 1.61. The summed E-state index contributed by atoms with van der Waals surface area (Å²) in [5.74, 6) is -1.62. The number of rotatable bonds is 6. The van der Waals surface area contributed by atoms with Crippen LogP contribution < -0.4 is 0 Å². The summed E-state index contributed by atoms with van der Waals surface area (Å²) in [5.41, 5.74) is 4.94. The monoisotopic (exact) mass is 604 g/mol. The minimum Gasteiger partial charge on any atom is -0.505 e. The number of fused-ring (bicyclic) bond motifs is 2. The van der Waals surface area contributed by atoms with Crippen molar-refractivity contribution >= 4 is 28.0 Å². The Morgan fingerprint density at radius 3 is 1.27 bits per heavy atom. The normalized spacial score (nSPS) is 12.4. The van der Waals surface area contributed by atoms with E-state index in [2.05, 4.69) is 20.4 Å². The largest absolute Gasteiger partial charge is 0.505 e. The van der Waals surface area contributed by atoms with Crippen LogP contribution in [0.4, 0.5) is 0 Å². The predicted octanol–water partition coefficient (Wildman–Crippen LogP) is 6.77. The van der Waals surface area contributed by atoms with Crippen LogP contribution in [0.3, 0.4) is 0 Å². The molecule has 2 heterocycles. The molecule has 0 unspecified atom stereocenters. The summed E-state index contributed by atoms with van der Waals surface area (Å²) in [7, 11) is 0. The van der Waals surface area contributed by atoms with Gasteiger partial charge in [-0.25, -0.2) is 0 Å². The number of phenols is 2. The summed E-state index contributed by atoms with van der Waals surface area (Å²) in [6, 6.07) is 22.1. The molecule has 6 aromatic rings. The molecule has 0 aliphatic carbocycles. The van der Waals surface area contributed by atoms with Crippen molar-refractivity contribution in [2.75, 3.05) is 0 Å². The molecular weight excluding hydrogens is 568 g/mol. The third-order valence-corrected chi connectivity index (χ3v) is 8.03. The smallest absolute Gasteiger partial charge is 0.304 e. The number of carboxylic acid groups (broad SMARTS) is 1. The number of carboxylic acids is 1. The molecule has 10 heteroatoms. The number of aliphatic carboxylic acids is 1. The molecule has 45 heavy (non-hydrogen) atoms. The lowest BCUT2D eigenvalue weighted by Gasteiger charge is -2.27. The second-order valence-electron chi connectivity index (χ2n) is 13.5. The van der Waals surface area contributed by atoms with E-state index in [9.17, 15) is 20.1 Å². The van der Waals surface area contributed by atoms with Gasteiger partial charge in [0.1, 0.15) is 44.9 Å². The molecule has 0 atom stereocenters. The minimum absolute atomic E-state index is 0.0230. The number of aromatic nitrogens is 6. The molecule has 0 aliphatic rings. The maximum absolute atomic E-state index is 12.4. The topological polar surface area (TPSA) is 139 Å². The summed E-state index contributed by atoms with van der Waals surface area (Å²) in [6.45, 7) is 11.9. The van der Waals surface area contributed by atoms with Gasteiger partial charge in [0.05, 0.1) is 6.42 Å². The Kier molecular flexibility index (Phi) is 7.10. The third kappa shape index (κ3) is 5.59. The molecule has 0 bridgehead atoms. The molecule has 0 aliphatic heterocycles. The highest BCUT2D eigenvalue weighted by Crippen LogP contribution is 2.43. The minimum atomic E-state index is -0.996. The van der Waals surface area contributed by atoms with Gasteiger partial charge >= 0.3 is 5.97 Å². The summed E-state index contributed by atoms with van der Waals surface area (Å²) in [4.78, 5) is 15.2. The molecule has 0 radical (unpaired) electrons. The first-order valence-corrected chi connectivity index (χ1v) is 14.8. The van der Waals surface area contributed by atoms with E-state index in [-0.39, 0.29) is 17.9 Å². The Bertz CT molecular complexity index is 1870. The Hall–Kier alpha value is -5.25. The second kappa shape index (κ2) is 10.7. The van der Waals surface area contributed by atoms with Crippen LogP contribution in [-0.2, 0) is 15.6 Å². The van der Waals surface area contributed by atoms with Crippen molar-refractivity contribution in [1.29, 1.82) is 0 Å². The standard InChI is InChI=1S/C35H36N6O4/c1-34(2,3)23-15-20(17-29(32(23)44)40-36-25-11-7-8-12-26(25)37-40)22(19-31(42)43)21-16-24(35(4,5)6)33(45)30(18-21)41-38-27-13-9-10-14-28(27)39-41/h7-18,22,44-45H,19H2,1-6H3,(H,42,43). The van der Waals surface area contributed by atoms with Crippen molar-refractivity contribution in [3.63, 3.8) is 0 Å². The zero-order valence-electron chi connectivity index (χ0n) is 26.1. The lowest BCUT2D eigenvalue weighted by molar-refractivity contribution is -0.137. The van der Waals surface area contributed by atoms with Gasteiger partial charge in [-0.2, -0.15) is 0 Å². The number of aromatic hydroxyl groups is 2. The first kappa shape index (κ1) is 29.8. The summed E-state index contributed by atoms with van der Waals surface area (Å²) < 4.78 is 0. The maximum Gasteiger partial charge on any atom is 0.304 e. The van der Waals surface area contributed by atoms with Crippen molar-refractivity contribution in [2.24, 2.45) is 0 Å². The number of hydrogen-bond donors (Lipinski definition) is 3. The fourth-order valence-electron chi connectivity index (χ4n) is 5.67. The molecular formula is C35H36N6O4. The highest BCUT2D eigenvalue weighted by molar-refractivity contribution is 5.75. The van der Waals surface area contributed by atoms with Crippen molar-refractivity contribution in [3.8, 4) is 22.9 Å². The van der Waals surface area contributed by atoms with Crippen molar-refractivity contribution in [2.45, 2.75) is 64.7 Å². The number of benzene rings is 4. The van der Waals surface area contributed by atoms with E-state index in [0.717, 1.165) is 0 Å². The van der Waals surface area contributed by atoms with E-state index in [0.29, 0.717) is 55.7 Å². The van der Waals surface area contributed by atoms with Crippen LogP contribution in [0, 0.1) is 0 Å². The molecule has 2 aromatic heterocycles. The zero-order chi connectivity index (χ0) is 32.3. The van der Waals surface area contributed by atoms with E-state index >= 15 is 0 Å². The molecule has 0 fully saturated rings. The van der Waals surface area contributed by atoms with Gasteiger partial charge in [-0.05, 0) is 58.4 Å². The van der Waals surface area contributed by atoms with Crippen LogP contribution in [0.2, 0.25) is 0 Å². The molecule has 6 rings (SSSR count). The molecule has 0 saturated carbocycles. The second-order valence-corrected chi connectivity index (χ2v) is 13.5. The average molecular weight is 605 g/mol. The number of phenolic OH excluding ortho intramolecular Hbond substituents is 2. The summed E-state index contributed by atoms with van der Waals surface area (Å²) in [6.07, 6.45) is -0.245. The molecule has 0 spiro atoms. The quantitative estimate of drug-likeness (QED) is 0.189. The zero-order valence-corrected chi connectivity index (χ0v) is 26.1. The van der Waals surface area contributed by atoms with Gasteiger partial charge in [0.15, 0.2) is 0 Å². The first-order valence-electron chi connectivity index (χ1n) is 14.8. The Morgan fingerprint density at radius 1 is 0.644 bits per heavy atom. The fraction of sp³-hybridized carbons (Fsp3) is 0.286. The molecule has 10 nitrogen and oxygen atoms in total. The average Bonchev–Trinajstić information content (AvgIpc) is 3.59. The lowest BCUT2D eigenvalue weighted by Crippen LogP contribution is -2.18. The lowest BCUT2D eigenvalue weighted by atomic mass is 9.78. The van der Waals surface area contributed by atoms with Crippen molar-refractivity contribution in [3.05, 3.63) is 95.1 Å². The number of carbonyl (C=O) groups is 1. The number of nitrogens with zero attached hydrogens (tertiary/aromatic N) is 6. The third-order valence-electron chi connectivity index (χ3n) is 8.03. The van der Waals surface area contributed by atoms with E-state index in [4.69, 9.17) is 0 Å². The van der Waals surface area contributed by atoms with Gasteiger partial charge in [0.2, 0.25) is 0 Å². The van der Waals surface area contributed by atoms with E-state index in [1.807, 2.05) is 102 Å².